The maximum atomic E-state index is 5.37. The van der Waals surface area contributed by atoms with Crippen LogP contribution in [-0.2, 0) is 0 Å². The van der Waals surface area contributed by atoms with Crippen LogP contribution in [-0.4, -0.2) is 44.2 Å². The van der Waals surface area contributed by atoms with Crippen LogP contribution < -0.4 is 11.1 Å². The molecule has 0 heterocycles. The van der Waals surface area contributed by atoms with Gasteiger partial charge in [0.05, 0.1) is 0 Å². The summed E-state index contributed by atoms with van der Waals surface area (Å²) in [4.78, 5) is 2.49. The normalized spacial score (nSPS) is 11.1. The van der Waals surface area contributed by atoms with Crippen LogP contribution in [0.3, 0.4) is 0 Å². The lowest BCUT2D eigenvalue weighted by molar-refractivity contribution is 0.284. The first-order valence-electron chi connectivity index (χ1n) is 5.48. The molecule has 0 saturated heterocycles. The van der Waals surface area contributed by atoms with E-state index >= 15 is 0 Å². The first-order chi connectivity index (χ1) is 6.35. The average Bonchev–Trinajstić information content (AvgIpc) is 2.16. The second-order valence-electron chi connectivity index (χ2n) is 3.33. The van der Waals surface area contributed by atoms with Crippen LogP contribution in [0.4, 0.5) is 0 Å². The molecule has 3 heteroatoms. The van der Waals surface area contributed by atoms with E-state index in [1.165, 1.54) is 32.5 Å². The predicted octanol–water partition coefficient (Wildman–Crippen LogP) is 0.657. The van der Waals surface area contributed by atoms with E-state index in [0.29, 0.717) is 0 Å². The Kier molecular flexibility index (Phi) is 9.87. The van der Waals surface area contributed by atoms with Crippen LogP contribution in [0.5, 0.6) is 0 Å². The fraction of sp³-hybridized carbons (Fsp3) is 1.00. The van der Waals surface area contributed by atoms with Gasteiger partial charge in [-0.3, -0.25) is 0 Å². The van der Waals surface area contributed by atoms with Crippen molar-refractivity contribution in [3.8, 4) is 0 Å². The van der Waals surface area contributed by atoms with Gasteiger partial charge in [0, 0.05) is 13.1 Å². The molecule has 0 aliphatic carbocycles. The third-order valence-electron chi connectivity index (χ3n) is 2.14. The molecule has 13 heavy (non-hydrogen) atoms. The Hall–Kier alpha value is -0.120. The van der Waals surface area contributed by atoms with Crippen molar-refractivity contribution in [2.24, 2.45) is 5.73 Å². The standard InChI is InChI=1S/C10H25N3/c1-3-9-13(4-2)10-5-7-12-8-6-11/h12H,3-11H2,1-2H3. The van der Waals surface area contributed by atoms with Crippen molar-refractivity contribution in [1.82, 2.24) is 10.2 Å². The molecule has 0 spiro atoms. The van der Waals surface area contributed by atoms with E-state index in [1.54, 1.807) is 0 Å². The molecule has 0 amide bonds. The van der Waals surface area contributed by atoms with Crippen molar-refractivity contribution in [3.63, 3.8) is 0 Å². The Labute approximate surface area is 82.7 Å². The lowest BCUT2D eigenvalue weighted by Gasteiger charge is -2.19. The molecule has 0 atom stereocenters. The molecule has 3 N–H and O–H groups in total. The Morgan fingerprint density at radius 2 is 1.92 bits per heavy atom. The maximum absolute atomic E-state index is 5.37. The minimum Gasteiger partial charge on any atom is -0.329 e. The topological polar surface area (TPSA) is 41.3 Å². The van der Waals surface area contributed by atoms with Gasteiger partial charge in [-0.15, -0.1) is 0 Å². The highest BCUT2D eigenvalue weighted by molar-refractivity contribution is 4.56. The smallest absolute Gasteiger partial charge is 0.00745 e. The summed E-state index contributed by atoms with van der Waals surface area (Å²) in [5.74, 6) is 0. The molecule has 3 nitrogen and oxygen atoms in total. The second-order valence-corrected chi connectivity index (χ2v) is 3.33. The van der Waals surface area contributed by atoms with E-state index in [1.807, 2.05) is 0 Å². The zero-order valence-corrected chi connectivity index (χ0v) is 9.18. The van der Waals surface area contributed by atoms with Crippen molar-refractivity contribution in [1.29, 1.82) is 0 Å². The average molecular weight is 187 g/mol. The first kappa shape index (κ1) is 12.9. The number of nitrogens with zero attached hydrogens (tertiary/aromatic N) is 1. The van der Waals surface area contributed by atoms with Crippen LogP contribution in [0.25, 0.3) is 0 Å². The molecule has 0 aromatic heterocycles. The summed E-state index contributed by atoms with van der Waals surface area (Å²) in [5, 5.41) is 3.30. The van der Waals surface area contributed by atoms with E-state index in [-0.39, 0.29) is 0 Å². The van der Waals surface area contributed by atoms with Crippen molar-refractivity contribution in [3.05, 3.63) is 0 Å². The summed E-state index contributed by atoms with van der Waals surface area (Å²) in [6.45, 7) is 10.8. The molecule has 0 radical (unpaired) electrons. The van der Waals surface area contributed by atoms with Gasteiger partial charge in [0.25, 0.3) is 0 Å². The van der Waals surface area contributed by atoms with Gasteiger partial charge in [0.1, 0.15) is 0 Å². The van der Waals surface area contributed by atoms with Crippen molar-refractivity contribution in [2.75, 3.05) is 39.3 Å². The van der Waals surface area contributed by atoms with E-state index in [0.717, 1.165) is 19.6 Å². The lowest BCUT2D eigenvalue weighted by Crippen LogP contribution is -2.29. The second kappa shape index (κ2) is 9.96. The molecule has 0 unspecified atom stereocenters. The third-order valence-corrected chi connectivity index (χ3v) is 2.14. The van der Waals surface area contributed by atoms with Crippen LogP contribution in [0, 0.1) is 0 Å². The molecule has 0 aromatic carbocycles. The third kappa shape index (κ3) is 8.22. The van der Waals surface area contributed by atoms with Crippen LogP contribution in [0.1, 0.15) is 26.7 Å². The number of nitrogens with two attached hydrogens (primary N) is 1. The van der Waals surface area contributed by atoms with Crippen LogP contribution in [0.15, 0.2) is 0 Å². The first-order valence-corrected chi connectivity index (χ1v) is 5.48. The van der Waals surface area contributed by atoms with Crippen LogP contribution in [0.2, 0.25) is 0 Å². The molecule has 0 saturated carbocycles. The molecule has 80 valence electrons. The highest BCUT2D eigenvalue weighted by Gasteiger charge is 1.98. The van der Waals surface area contributed by atoms with Gasteiger partial charge in [0.2, 0.25) is 0 Å². The van der Waals surface area contributed by atoms with E-state index in [2.05, 4.69) is 24.1 Å². The molecule has 0 aromatic rings. The summed E-state index contributed by atoms with van der Waals surface area (Å²) in [5.41, 5.74) is 5.37. The van der Waals surface area contributed by atoms with Gasteiger partial charge >= 0.3 is 0 Å². The van der Waals surface area contributed by atoms with Crippen molar-refractivity contribution >= 4 is 0 Å². The Morgan fingerprint density at radius 3 is 2.46 bits per heavy atom. The molecular formula is C10H25N3. The Morgan fingerprint density at radius 1 is 1.15 bits per heavy atom. The highest BCUT2D eigenvalue weighted by atomic mass is 15.1. The largest absolute Gasteiger partial charge is 0.329 e. The van der Waals surface area contributed by atoms with E-state index < -0.39 is 0 Å². The zero-order chi connectivity index (χ0) is 9.94. The summed E-state index contributed by atoms with van der Waals surface area (Å²) in [7, 11) is 0. The summed E-state index contributed by atoms with van der Waals surface area (Å²) in [6, 6.07) is 0. The minimum absolute atomic E-state index is 0.743. The van der Waals surface area contributed by atoms with Gasteiger partial charge in [0.15, 0.2) is 0 Å². The molecule has 0 fully saturated rings. The predicted molar refractivity (Wildman–Crippen MR) is 58.9 cm³/mol. The summed E-state index contributed by atoms with van der Waals surface area (Å²) >= 11 is 0. The highest BCUT2D eigenvalue weighted by Crippen LogP contribution is 1.92. The quantitative estimate of drug-likeness (QED) is 0.521. The minimum atomic E-state index is 0.743. The molecule has 0 aliphatic heterocycles. The monoisotopic (exact) mass is 187 g/mol. The molecular weight excluding hydrogens is 162 g/mol. The van der Waals surface area contributed by atoms with Gasteiger partial charge < -0.3 is 16.0 Å². The number of hydrogen-bond donors (Lipinski definition) is 2. The van der Waals surface area contributed by atoms with E-state index in [4.69, 9.17) is 5.73 Å². The summed E-state index contributed by atoms with van der Waals surface area (Å²) in [6.07, 6.45) is 2.48. The Balaban J connectivity index is 3.17. The fourth-order valence-electron chi connectivity index (χ4n) is 1.40. The number of hydrogen-bond acceptors (Lipinski definition) is 3. The zero-order valence-electron chi connectivity index (χ0n) is 9.18. The van der Waals surface area contributed by atoms with Gasteiger partial charge in [-0.1, -0.05) is 13.8 Å². The van der Waals surface area contributed by atoms with Crippen LogP contribution >= 0.6 is 0 Å². The fourth-order valence-corrected chi connectivity index (χ4v) is 1.40. The summed E-state index contributed by atoms with van der Waals surface area (Å²) < 4.78 is 0. The molecule has 0 rings (SSSR count). The van der Waals surface area contributed by atoms with E-state index in [9.17, 15) is 0 Å². The lowest BCUT2D eigenvalue weighted by atomic mass is 10.3. The van der Waals surface area contributed by atoms with Gasteiger partial charge in [-0.25, -0.2) is 0 Å². The van der Waals surface area contributed by atoms with Crippen molar-refractivity contribution in [2.45, 2.75) is 26.7 Å². The maximum Gasteiger partial charge on any atom is 0.00745 e. The number of nitrogens with one attached hydrogen (secondary N) is 1. The van der Waals surface area contributed by atoms with Crippen molar-refractivity contribution < 1.29 is 0 Å². The Bertz CT molecular complexity index is 96.2. The van der Waals surface area contributed by atoms with Gasteiger partial charge in [-0.2, -0.15) is 0 Å². The molecule has 0 bridgehead atoms. The SMILES string of the molecule is CCCN(CC)CCCNCCN. The molecule has 0 aliphatic rings. The van der Waals surface area contributed by atoms with Gasteiger partial charge in [-0.05, 0) is 39.0 Å². The number of rotatable bonds is 9.